The molecule has 0 bridgehead atoms. The average molecular weight is 471 g/mol. The second-order valence-electron chi connectivity index (χ2n) is 7.29. The highest BCUT2D eigenvalue weighted by Gasteiger charge is 2.18. The fourth-order valence-corrected chi connectivity index (χ4v) is 4.03. The predicted octanol–water partition coefficient (Wildman–Crippen LogP) is 3.12. The maximum absolute atomic E-state index is 13.3. The van der Waals surface area contributed by atoms with Crippen LogP contribution >= 0.6 is 0 Å². The Balaban J connectivity index is 1.58. The summed E-state index contributed by atoms with van der Waals surface area (Å²) in [6, 6.07) is 20.2. The number of nitrogens with one attached hydrogen (secondary N) is 1. The van der Waals surface area contributed by atoms with E-state index in [1.54, 1.807) is 36.4 Å². The zero-order valence-corrected chi connectivity index (χ0v) is 18.7. The van der Waals surface area contributed by atoms with E-state index in [2.05, 4.69) is 4.72 Å². The number of benzene rings is 3. The van der Waals surface area contributed by atoms with Crippen LogP contribution in [0.3, 0.4) is 0 Å². The summed E-state index contributed by atoms with van der Waals surface area (Å²) in [6.45, 7) is -0.285. The molecule has 172 valence electrons. The molecule has 33 heavy (non-hydrogen) atoms. The van der Waals surface area contributed by atoms with Crippen molar-refractivity contribution < 1.29 is 27.1 Å². The van der Waals surface area contributed by atoms with Crippen molar-refractivity contribution in [3.63, 3.8) is 0 Å². The molecule has 0 heterocycles. The SMILES string of the molecule is CN(Cc1cccc(F)c1)C(=O)COC(=O)c1cccc(S(=O)(=O)NCc2ccccc2)c1. The Morgan fingerprint density at radius 1 is 0.939 bits per heavy atom. The molecule has 0 unspecified atom stereocenters. The Morgan fingerprint density at radius 3 is 2.36 bits per heavy atom. The normalized spacial score (nSPS) is 11.1. The van der Waals surface area contributed by atoms with Gasteiger partial charge >= 0.3 is 5.97 Å². The zero-order valence-electron chi connectivity index (χ0n) is 17.9. The first kappa shape index (κ1) is 24.1. The van der Waals surface area contributed by atoms with Gasteiger partial charge in [0.05, 0.1) is 10.5 Å². The Morgan fingerprint density at radius 2 is 1.64 bits per heavy atom. The van der Waals surface area contributed by atoms with E-state index >= 15 is 0 Å². The van der Waals surface area contributed by atoms with Gasteiger partial charge in [-0.05, 0) is 41.5 Å². The highest BCUT2D eigenvalue weighted by molar-refractivity contribution is 7.89. The lowest BCUT2D eigenvalue weighted by atomic mass is 10.2. The van der Waals surface area contributed by atoms with Crippen LogP contribution in [0.1, 0.15) is 21.5 Å². The molecular weight excluding hydrogens is 447 g/mol. The molecule has 0 spiro atoms. The average Bonchev–Trinajstić information content (AvgIpc) is 2.82. The summed E-state index contributed by atoms with van der Waals surface area (Å²) in [7, 11) is -2.35. The van der Waals surface area contributed by atoms with Gasteiger partial charge in [0.1, 0.15) is 5.82 Å². The fourth-order valence-electron chi connectivity index (χ4n) is 2.97. The first-order chi connectivity index (χ1) is 15.7. The van der Waals surface area contributed by atoms with Crippen LogP contribution < -0.4 is 4.72 Å². The van der Waals surface area contributed by atoms with Gasteiger partial charge in [-0.15, -0.1) is 0 Å². The monoisotopic (exact) mass is 470 g/mol. The molecule has 0 saturated heterocycles. The van der Waals surface area contributed by atoms with Crippen molar-refractivity contribution in [3.05, 3.63) is 101 Å². The standard InChI is InChI=1S/C24H23FN2O5S/c1-27(16-19-9-5-11-21(25)13-19)23(28)17-32-24(29)20-10-6-12-22(14-20)33(30,31)26-15-18-7-3-2-4-8-18/h2-14,26H,15-17H2,1H3. The molecule has 3 rings (SSSR count). The van der Waals surface area contributed by atoms with Crippen LogP contribution in [-0.2, 0) is 32.6 Å². The summed E-state index contributed by atoms with van der Waals surface area (Å²) >= 11 is 0. The number of sulfonamides is 1. The van der Waals surface area contributed by atoms with E-state index in [9.17, 15) is 22.4 Å². The van der Waals surface area contributed by atoms with Gasteiger partial charge in [0, 0.05) is 20.1 Å². The zero-order chi connectivity index (χ0) is 23.8. The van der Waals surface area contributed by atoms with Crippen molar-refractivity contribution >= 4 is 21.9 Å². The number of nitrogens with zero attached hydrogens (tertiary/aromatic N) is 1. The van der Waals surface area contributed by atoms with Gasteiger partial charge in [0.25, 0.3) is 5.91 Å². The van der Waals surface area contributed by atoms with Crippen molar-refractivity contribution in [2.45, 2.75) is 18.0 Å². The van der Waals surface area contributed by atoms with Gasteiger partial charge in [-0.25, -0.2) is 22.3 Å². The van der Waals surface area contributed by atoms with Crippen LogP contribution in [0.25, 0.3) is 0 Å². The number of halogens is 1. The second kappa shape index (κ2) is 10.8. The molecule has 3 aromatic carbocycles. The molecule has 1 amide bonds. The molecule has 0 radical (unpaired) electrons. The van der Waals surface area contributed by atoms with E-state index in [1.807, 2.05) is 6.07 Å². The maximum Gasteiger partial charge on any atom is 0.338 e. The molecule has 0 aliphatic carbocycles. The number of esters is 1. The molecule has 7 nitrogen and oxygen atoms in total. The van der Waals surface area contributed by atoms with Crippen molar-refractivity contribution in [2.75, 3.05) is 13.7 Å². The van der Waals surface area contributed by atoms with Crippen molar-refractivity contribution in [2.24, 2.45) is 0 Å². The summed E-state index contributed by atoms with van der Waals surface area (Å²) in [6.07, 6.45) is 0. The third-order valence-corrected chi connectivity index (χ3v) is 6.15. The van der Waals surface area contributed by atoms with Gasteiger partial charge < -0.3 is 9.64 Å². The molecule has 0 atom stereocenters. The lowest BCUT2D eigenvalue weighted by Gasteiger charge is -2.17. The minimum absolute atomic E-state index is 0.00169. The molecule has 0 aromatic heterocycles. The molecule has 9 heteroatoms. The van der Waals surface area contributed by atoms with E-state index < -0.39 is 34.3 Å². The summed E-state index contributed by atoms with van der Waals surface area (Å²) < 4.78 is 46.0. The van der Waals surface area contributed by atoms with Crippen LogP contribution in [0.4, 0.5) is 4.39 Å². The van der Waals surface area contributed by atoms with Crippen LogP contribution in [-0.4, -0.2) is 38.8 Å². The molecule has 1 N–H and O–H groups in total. The van der Waals surface area contributed by atoms with Gasteiger partial charge in [-0.1, -0.05) is 48.5 Å². The van der Waals surface area contributed by atoms with Gasteiger partial charge in [0.15, 0.2) is 6.61 Å². The summed E-state index contributed by atoms with van der Waals surface area (Å²) in [5, 5.41) is 0. The molecular formula is C24H23FN2O5S. The largest absolute Gasteiger partial charge is 0.452 e. The number of likely N-dealkylation sites (N-methyl/N-ethyl adjacent to an activating group) is 1. The first-order valence-electron chi connectivity index (χ1n) is 10.0. The van der Waals surface area contributed by atoms with Gasteiger partial charge in [0.2, 0.25) is 10.0 Å². The lowest BCUT2D eigenvalue weighted by molar-refractivity contribution is -0.133. The highest BCUT2D eigenvalue weighted by Crippen LogP contribution is 2.14. The molecule has 3 aromatic rings. The lowest BCUT2D eigenvalue weighted by Crippen LogP contribution is -2.31. The predicted molar refractivity (Wildman–Crippen MR) is 120 cm³/mol. The minimum atomic E-state index is -3.86. The molecule has 0 fully saturated rings. The third-order valence-electron chi connectivity index (χ3n) is 4.75. The minimum Gasteiger partial charge on any atom is -0.452 e. The van der Waals surface area contributed by atoms with E-state index in [4.69, 9.17) is 4.74 Å². The van der Waals surface area contributed by atoms with E-state index in [0.717, 1.165) is 5.56 Å². The number of amides is 1. The van der Waals surface area contributed by atoms with Crippen molar-refractivity contribution in [1.82, 2.24) is 9.62 Å². The van der Waals surface area contributed by atoms with Crippen molar-refractivity contribution in [1.29, 1.82) is 0 Å². The Kier molecular flexibility index (Phi) is 7.92. The number of hydrogen-bond acceptors (Lipinski definition) is 5. The van der Waals surface area contributed by atoms with E-state index in [-0.39, 0.29) is 23.5 Å². The Labute approximate surface area is 191 Å². The van der Waals surface area contributed by atoms with Crippen molar-refractivity contribution in [3.8, 4) is 0 Å². The van der Waals surface area contributed by atoms with Crippen LogP contribution in [0, 0.1) is 5.82 Å². The van der Waals surface area contributed by atoms with E-state index in [1.165, 1.54) is 48.3 Å². The number of hydrogen-bond donors (Lipinski definition) is 1. The number of carbonyl (C=O) groups is 2. The quantitative estimate of drug-likeness (QED) is 0.485. The molecule has 0 aliphatic rings. The maximum atomic E-state index is 13.3. The molecule has 0 aliphatic heterocycles. The second-order valence-corrected chi connectivity index (χ2v) is 9.06. The van der Waals surface area contributed by atoms with Crippen LogP contribution in [0.5, 0.6) is 0 Å². The van der Waals surface area contributed by atoms with Crippen LogP contribution in [0.2, 0.25) is 0 Å². The summed E-state index contributed by atoms with van der Waals surface area (Å²) in [5.41, 5.74) is 1.38. The molecule has 0 saturated carbocycles. The topological polar surface area (TPSA) is 92.8 Å². The third kappa shape index (κ3) is 6.96. The first-order valence-corrected chi connectivity index (χ1v) is 11.5. The summed E-state index contributed by atoms with van der Waals surface area (Å²) in [5.74, 6) is -1.73. The number of rotatable bonds is 9. The van der Waals surface area contributed by atoms with Gasteiger partial charge in [-0.2, -0.15) is 0 Å². The summed E-state index contributed by atoms with van der Waals surface area (Å²) in [4.78, 5) is 25.8. The number of carbonyl (C=O) groups excluding carboxylic acids is 2. The van der Waals surface area contributed by atoms with Gasteiger partial charge in [-0.3, -0.25) is 4.79 Å². The smallest absolute Gasteiger partial charge is 0.338 e. The fraction of sp³-hybridized carbons (Fsp3) is 0.167. The Hall–Kier alpha value is -3.56. The van der Waals surface area contributed by atoms with E-state index in [0.29, 0.717) is 5.56 Å². The number of ether oxygens (including phenoxy) is 1. The Bertz CT molecular complexity index is 1230. The van der Waals surface area contributed by atoms with Crippen LogP contribution in [0.15, 0.2) is 83.8 Å². The highest BCUT2D eigenvalue weighted by atomic mass is 32.2.